The molecule has 220 valence electrons. The van der Waals surface area contributed by atoms with Crippen molar-refractivity contribution in [2.45, 2.75) is 13.8 Å². The van der Waals surface area contributed by atoms with E-state index in [1.807, 2.05) is 23.1 Å². The molecule has 0 radical (unpaired) electrons. The minimum Gasteiger partial charge on any atom is -0.222 e. The second kappa shape index (κ2) is 14.3. The van der Waals surface area contributed by atoms with Crippen LogP contribution in [-0.2, 0) is 0 Å². The van der Waals surface area contributed by atoms with Gasteiger partial charge in [-0.15, -0.1) is 10.2 Å². The molecule has 0 aliphatic carbocycles. The van der Waals surface area contributed by atoms with Gasteiger partial charge in [-0.05, 0) is 78.6 Å². The van der Waals surface area contributed by atoms with Gasteiger partial charge in [0.25, 0.3) is 0 Å². The fourth-order valence-electron chi connectivity index (χ4n) is 4.61. The number of aryl methyl sites for hydroxylation is 2. The average Bonchev–Trinajstić information content (AvgIpc) is 3.01. The van der Waals surface area contributed by atoms with Crippen LogP contribution in [0.2, 0.25) is 0 Å². The zero-order valence-corrected chi connectivity index (χ0v) is 26.5. The first-order valence-corrected chi connectivity index (χ1v) is 16.7. The van der Waals surface area contributed by atoms with Crippen molar-refractivity contribution < 1.29 is 28.9 Å². The Kier molecular flexibility index (Phi) is 10.3. The molecular formula is C37H29ClO4S2. The Hall–Kier alpha value is -3.85. The normalized spacial score (nSPS) is 12.9. The zero-order chi connectivity index (χ0) is 31.1. The molecule has 4 aromatic carbocycles. The van der Waals surface area contributed by atoms with Crippen molar-refractivity contribution in [1.82, 2.24) is 0 Å². The van der Waals surface area contributed by atoms with E-state index < -0.39 is 10.2 Å². The lowest BCUT2D eigenvalue weighted by Crippen LogP contribution is -2.68. The molecule has 2 heterocycles. The van der Waals surface area contributed by atoms with Crippen molar-refractivity contribution in [3.05, 3.63) is 167 Å². The van der Waals surface area contributed by atoms with E-state index in [1.165, 1.54) is 64.1 Å². The monoisotopic (exact) mass is 636 g/mol. The van der Waals surface area contributed by atoms with E-state index in [2.05, 4.69) is 153 Å². The Labute approximate surface area is 268 Å². The van der Waals surface area contributed by atoms with E-state index in [-0.39, 0.29) is 0 Å². The lowest BCUT2D eigenvalue weighted by Gasteiger charge is -2.17. The summed E-state index contributed by atoms with van der Waals surface area (Å²) in [4.78, 5) is 5.06. The van der Waals surface area contributed by atoms with Crippen molar-refractivity contribution in [2.75, 3.05) is 0 Å². The fraction of sp³-hybridized carbons (Fsp3) is 0.0541. The molecule has 44 heavy (non-hydrogen) atoms. The largest absolute Gasteiger partial charge is 0.239 e. The van der Waals surface area contributed by atoms with Gasteiger partial charge in [-0.25, -0.2) is 18.6 Å². The number of halogens is 1. The third kappa shape index (κ3) is 9.08. The topological polar surface area (TPSA) is 92.2 Å². The van der Waals surface area contributed by atoms with Crippen LogP contribution in [0.25, 0.3) is 36.8 Å². The number of thioether (sulfide) groups is 1. The molecule has 6 rings (SSSR count). The van der Waals surface area contributed by atoms with Gasteiger partial charge in [0.2, 0.25) is 21.1 Å². The summed E-state index contributed by atoms with van der Waals surface area (Å²) < 4.78 is 34.0. The van der Waals surface area contributed by atoms with Crippen LogP contribution >= 0.6 is 23.1 Å². The first kappa shape index (κ1) is 31.6. The number of benzene rings is 4. The minimum absolute atomic E-state index is 1.20. The van der Waals surface area contributed by atoms with Crippen LogP contribution in [0.5, 0.6) is 0 Å². The maximum absolute atomic E-state index is 8.49. The van der Waals surface area contributed by atoms with E-state index in [9.17, 15) is 0 Å². The minimum atomic E-state index is -4.94. The van der Waals surface area contributed by atoms with Crippen LogP contribution in [0.1, 0.15) is 27.8 Å². The predicted molar refractivity (Wildman–Crippen MR) is 173 cm³/mol. The summed E-state index contributed by atoms with van der Waals surface area (Å²) in [7, 11) is -4.94. The van der Waals surface area contributed by atoms with E-state index >= 15 is 0 Å². The average molecular weight is 637 g/mol. The molecule has 0 atom stereocenters. The highest BCUT2D eigenvalue weighted by Gasteiger charge is 2.19. The summed E-state index contributed by atoms with van der Waals surface area (Å²) >= 11 is 3.69. The fourth-order valence-corrected chi connectivity index (χ4v) is 6.88. The summed E-state index contributed by atoms with van der Waals surface area (Å²) in [5.74, 6) is 0. The van der Waals surface area contributed by atoms with Crippen LogP contribution in [-0.4, -0.2) is 0 Å². The molecule has 0 amide bonds. The Morgan fingerprint density at radius 3 is 1.32 bits per heavy atom. The van der Waals surface area contributed by atoms with Gasteiger partial charge >= 0.3 is 0 Å². The Bertz CT molecular complexity index is 1680. The molecule has 0 fully saturated rings. The second-order valence-electron chi connectivity index (χ2n) is 10.2. The summed E-state index contributed by atoms with van der Waals surface area (Å²) in [5.41, 5.74) is 9.94. The first-order valence-electron chi connectivity index (χ1n) is 13.8. The van der Waals surface area contributed by atoms with Gasteiger partial charge in [0, 0.05) is 33.1 Å². The molecule has 1 aliphatic heterocycles. The van der Waals surface area contributed by atoms with Gasteiger partial charge in [0.1, 0.15) is 0 Å². The highest BCUT2D eigenvalue weighted by atomic mass is 35.7. The molecule has 1 aliphatic rings. The van der Waals surface area contributed by atoms with E-state index in [0.29, 0.717) is 0 Å². The van der Waals surface area contributed by atoms with E-state index in [4.69, 9.17) is 18.6 Å². The van der Waals surface area contributed by atoms with Gasteiger partial charge in [-0.3, -0.25) is 0 Å². The lowest BCUT2D eigenvalue weighted by atomic mass is 10.0. The molecule has 0 N–H and O–H groups in total. The molecular weight excluding hydrogens is 608 g/mol. The Balaban J connectivity index is 0.000000712. The van der Waals surface area contributed by atoms with Crippen LogP contribution in [0.4, 0.5) is 0 Å². The van der Waals surface area contributed by atoms with Crippen molar-refractivity contribution in [1.29, 1.82) is 0 Å². The van der Waals surface area contributed by atoms with Gasteiger partial charge in [-0.2, -0.15) is 0 Å². The smallest absolute Gasteiger partial charge is 0.222 e. The molecule has 0 spiro atoms. The molecule has 4 nitrogen and oxygen atoms in total. The quantitative estimate of drug-likeness (QED) is 0.207. The molecule has 0 saturated carbocycles. The molecule has 0 unspecified atom stereocenters. The van der Waals surface area contributed by atoms with Crippen LogP contribution in [0.3, 0.4) is 0 Å². The standard InChI is InChI=1S/C37H29S2.ClHO4/c1-26-13-17-32(18-14-26)36-24-29(25-37(39-36)33-19-15-27(2)16-20-33)21-28-22-34(30-9-5-3-6-10-30)38-35(23-28)31-11-7-4-8-12-31;2-1(3,4)5/h3-25H,1-2H3;(H,2,3,4,5)/q+1;/p-1. The van der Waals surface area contributed by atoms with Crippen LogP contribution in [0, 0.1) is 24.1 Å². The number of hydrogen-bond acceptors (Lipinski definition) is 5. The van der Waals surface area contributed by atoms with Gasteiger partial charge < -0.3 is 0 Å². The van der Waals surface area contributed by atoms with Crippen molar-refractivity contribution in [3.8, 4) is 20.9 Å². The molecule has 1 aromatic heterocycles. The number of allylic oxidation sites excluding steroid dienone is 3. The first-order chi connectivity index (χ1) is 21.1. The lowest BCUT2D eigenvalue weighted by molar-refractivity contribution is -2.00. The number of hydrogen-bond donors (Lipinski definition) is 0. The van der Waals surface area contributed by atoms with Crippen molar-refractivity contribution in [2.24, 2.45) is 0 Å². The Morgan fingerprint density at radius 1 is 0.545 bits per heavy atom. The van der Waals surface area contributed by atoms with E-state index in [0.717, 1.165) is 0 Å². The Morgan fingerprint density at radius 2 is 0.932 bits per heavy atom. The summed E-state index contributed by atoms with van der Waals surface area (Å²) in [6.45, 7) is 4.28. The predicted octanol–water partition coefficient (Wildman–Crippen LogP) is 6.44. The van der Waals surface area contributed by atoms with E-state index in [1.54, 1.807) is 0 Å². The molecule has 0 saturated heterocycles. The second-order valence-corrected chi connectivity index (χ2v) is 13.1. The van der Waals surface area contributed by atoms with Crippen molar-refractivity contribution >= 4 is 39.0 Å². The molecule has 7 heteroatoms. The zero-order valence-electron chi connectivity index (χ0n) is 24.1. The number of rotatable bonds is 5. The SMILES string of the molecule is Cc1ccc(C2=CC(=Cc3cc(-c4ccccc4)[s+]c(-c4ccccc4)c3)C=C(c3ccc(C)cc3)S2)cc1.[O-][Cl+3]([O-])([O-])[O-]. The summed E-state index contributed by atoms with van der Waals surface area (Å²) in [6, 6.07) is 43.7. The maximum atomic E-state index is 8.49. The summed E-state index contributed by atoms with van der Waals surface area (Å²) in [5, 5.41) is 0. The third-order valence-corrected chi connectivity index (χ3v) is 9.05. The summed E-state index contributed by atoms with van der Waals surface area (Å²) in [6.07, 6.45) is 6.98. The molecule has 0 bridgehead atoms. The van der Waals surface area contributed by atoms with Crippen LogP contribution < -0.4 is 18.6 Å². The highest BCUT2D eigenvalue weighted by Crippen LogP contribution is 2.45. The molecule has 5 aromatic rings. The van der Waals surface area contributed by atoms with Gasteiger partial charge in [-0.1, -0.05) is 108 Å². The third-order valence-electron chi connectivity index (χ3n) is 6.75. The highest BCUT2D eigenvalue weighted by molar-refractivity contribution is 8.16. The van der Waals surface area contributed by atoms with Gasteiger partial charge in [0.15, 0.2) is 0 Å². The van der Waals surface area contributed by atoms with Crippen molar-refractivity contribution in [3.63, 3.8) is 0 Å². The van der Waals surface area contributed by atoms with Gasteiger partial charge in [0.05, 0.1) is 0 Å². The maximum Gasteiger partial charge on any atom is 0.239 e. The van der Waals surface area contributed by atoms with Crippen LogP contribution in [0.15, 0.2) is 139 Å².